The number of aryl methyl sites for hydroxylation is 1. The van der Waals surface area contributed by atoms with Crippen molar-refractivity contribution in [3.8, 4) is 0 Å². The Kier molecular flexibility index (Phi) is 4.22. The summed E-state index contributed by atoms with van der Waals surface area (Å²) in [6, 6.07) is 7.77. The molecule has 19 heavy (non-hydrogen) atoms. The maximum Gasteiger partial charge on any atom is 0.141 e. The van der Waals surface area contributed by atoms with Gasteiger partial charge in [0.15, 0.2) is 0 Å². The van der Waals surface area contributed by atoms with Gasteiger partial charge in [-0.2, -0.15) is 0 Å². The van der Waals surface area contributed by atoms with Crippen LogP contribution in [0, 0.1) is 18.6 Å². The molecular formula is C15H16F2N2. The minimum atomic E-state index is -0.350. The molecule has 0 saturated carbocycles. The molecule has 0 bridgehead atoms. The minimum Gasteiger partial charge on any atom is -0.311 e. The molecule has 0 aliphatic heterocycles. The number of rotatable bonds is 4. The Morgan fingerprint density at radius 2 is 1.89 bits per heavy atom. The SMILES string of the molecule is CNC(Cc1ccc(F)cc1C)c1ccc(F)cn1. The molecule has 0 fully saturated rings. The zero-order valence-corrected chi connectivity index (χ0v) is 11.0. The quantitative estimate of drug-likeness (QED) is 0.915. The molecule has 100 valence electrons. The highest BCUT2D eigenvalue weighted by atomic mass is 19.1. The first-order chi connectivity index (χ1) is 9.10. The van der Waals surface area contributed by atoms with E-state index in [-0.39, 0.29) is 17.7 Å². The Bertz CT molecular complexity index is 553. The smallest absolute Gasteiger partial charge is 0.141 e. The van der Waals surface area contributed by atoms with E-state index in [0.29, 0.717) is 6.42 Å². The molecule has 2 nitrogen and oxygen atoms in total. The fourth-order valence-electron chi connectivity index (χ4n) is 2.06. The van der Waals surface area contributed by atoms with Crippen LogP contribution in [0.3, 0.4) is 0 Å². The van der Waals surface area contributed by atoms with Crippen LogP contribution in [0.25, 0.3) is 0 Å². The highest BCUT2D eigenvalue weighted by Gasteiger charge is 2.13. The zero-order valence-electron chi connectivity index (χ0n) is 11.0. The minimum absolute atomic E-state index is 0.0234. The summed E-state index contributed by atoms with van der Waals surface area (Å²) in [6.07, 6.45) is 1.89. The van der Waals surface area contributed by atoms with E-state index in [0.717, 1.165) is 16.8 Å². The summed E-state index contributed by atoms with van der Waals surface area (Å²) in [7, 11) is 1.83. The van der Waals surface area contributed by atoms with Crippen molar-refractivity contribution in [1.82, 2.24) is 10.3 Å². The van der Waals surface area contributed by atoms with E-state index in [1.807, 2.05) is 14.0 Å². The number of pyridine rings is 1. The van der Waals surface area contributed by atoms with Crippen LogP contribution in [0.2, 0.25) is 0 Å². The summed E-state index contributed by atoms with van der Waals surface area (Å²) in [5.74, 6) is -0.585. The van der Waals surface area contributed by atoms with E-state index in [1.165, 1.54) is 24.4 Å². The third-order valence-electron chi connectivity index (χ3n) is 3.18. The Hall–Kier alpha value is -1.81. The van der Waals surface area contributed by atoms with Gasteiger partial charge in [-0.3, -0.25) is 4.98 Å². The monoisotopic (exact) mass is 262 g/mol. The first kappa shape index (κ1) is 13.6. The second kappa shape index (κ2) is 5.89. The Morgan fingerprint density at radius 1 is 1.16 bits per heavy atom. The molecule has 0 radical (unpaired) electrons. The molecular weight excluding hydrogens is 246 g/mol. The summed E-state index contributed by atoms with van der Waals surface area (Å²) < 4.78 is 25.9. The van der Waals surface area contributed by atoms with Crippen LogP contribution in [0.1, 0.15) is 22.9 Å². The van der Waals surface area contributed by atoms with Crippen LogP contribution in [0.5, 0.6) is 0 Å². The van der Waals surface area contributed by atoms with Crippen molar-refractivity contribution in [3.63, 3.8) is 0 Å². The average molecular weight is 262 g/mol. The summed E-state index contributed by atoms with van der Waals surface area (Å²) in [5, 5.41) is 3.15. The molecule has 1 N–H and O–H groups in total. The first-order valence-electron chi connectivity index (χ1n) is 6.14. The molecule has 0 aliphatic carbocycles. The highest BCUT2D eigenvalue weighted by Crippen LogP contribution is 2.19. The zero-order chi connectivity index (χ0) is 13.8. The molecule has 1 aromatic carbocycles. The summed E-state index contributed by atoms with van der Waals surface area (Å²) in [5.41, 5.74) is 2.72. The molecule has 2 aromatic rings. The molecule has 0 spiro atoms. The van der Waals surface area contributed by atoms with Gasteiger partial charge in [0.25, 0.3) is 0 Å². The predicted octanol–water partition coefficient (Wildman–Crippen LogP) is 3.17. The topological polar surface area (TPSA) is 24.9 Å². The summed E-state index contributed by atoms with van der Waals surface area (Å²) >= 11 is 0. The van der Waals surface area contributed by atoms with Crippen molar-refractivity contribution in [2.75, 3.05) is 7.05 Å². The van der Waals surface area contributed by atoms with Gasteiger partial charge in [0.1, 0.15) is 11.6 Å². The number of benzene rings is 1. The normalized spacial score (nSPS) is 12.4. The maximum absolute atomic E-state index is 13.1. The van der Waals surface area contributed by atoms with Gasteiger partial charge < -0.3 is 5.32 Å². The van der Waals surface area contributed by atoms with Gasteiger partial charge in [0, 0.05) is 0 Å². The molecule has 0 aliphatic rings. The van der Waals surface area contributed by atoms with Crippen molar-refractivity contribution in [2.24, 2.45) is 0 Å². The fraction of sp³-hybridized carbons (Fsp3) is 0.267. The van der Waals surface area contributed by atoms with Gasteiger partial charge in [-0.1, -0.05) is 6.07 Å². The van der Waals surface area contributed by atoms with Crippen LogP contribution in [0.15, 0.2) is 36.5 Å². The van der Waals surface area contributed by atoms with Crippen LogP contribution in [-0.2, 0) is 6.42 Å². The highest BCUT2D eigenvalue weighted by molar-refractivity contribution is 5.28. The second-order valence-corrected chi connectivity index (χ2v) is 4.52. The van der Waals surface area contributed by atoms with E-state index in [9.17, 15) is 8.78 Å². The van der Waals surface area contributed by atoms with Gasteiger partial charge in [-0.15, -0.1) is 0 Å². The lowest BCUT2D eigenvalue weighted by molar-refractivity contribution is 0.563. The van der Waals surface area contributed by atoms with Gasteiger partial charge in [0.05, 0.1) is 17.9 Å². The third-order valence-corrected chi connectivity index (χ3v) is 3.18. The van der Waals surface area contributed by atoms with Gasteiger partial charge in [0.2, 0.25) is 0 Å². The van der Waals surface area contributed by atoms with E-state index >= 15 is 0 Å². The summed E-state index contributed by atoms with van der Waals surface area (Å²) in [6.45, 7) is 1.88. The third kappa shape index (κ3) is 3.35. The number of nitrogens with zero attached hydrogens (tertiary/aromatic N) is 1. The van der Waals surface area contributed by atoms with E-state index in [2.05, 4.69) is 10.3 Å². The molecule has 2 rings (SSSR count). The molecule has 4 heteroatoms. The standard InChI is InChI=1S/C15H16F2N2/c1-10-7-12(16)4-3-11(10)8-15(18-2)14-6-5-13(17)9-19-14/h3-7,9,15,18H,8H2,1-2H3. The maximum atomic E-state index is 13.1. The molecule has 1 aromatic heterocycles. The van der Waals surface area contributed by atoms with Crippen molar-refractivity contribution < 1.29 is 8.78 Å². The molecule has 1 unspecified atom stereocenters. The lowest BCUT2D eigenvalue weighted by Gasteiger charge is -2.17. The van der Waals surface area contributed by atoms with Crippen LogP contribution in [-0.4, -0.2) is 12.0 Å². The Balaban J connectivity index is 2.21. The summed E-state index contributed by atoms with van der Waals surface area (Å²) in [4.78, 5) is 4.08. The molecule has 0 saturated heterocycles. The number of nitrogens with one attached hydrogen (secondary N) is 1. The second-order valence-electron chi connectivity index (χ2n) is 4.52. The predicted molar refractivity (Wildman–Crippen MR) is 70.8 cm³/mol. The molecule has 1 atom stereocenters. The lowest BCUT2D eigenvalue weighted by Crippen LogP contribution is -2.20. The fourth-order valence-corrected chi connectivity index (χ4v) is 2.06. The molecule has 1 heterocycles. The van der Waals surface area contributed by atoms with E-state index in [4.69, 9.17) is 0 Å². The number of hydrogen-bond donors (Lipinski definition) is 1. The van der Waals surface area contributed by atoms with Crippen LogP contribution < -0.4 is 5.32 Å². The first-order valence-corrected chi connectivity index (χ1v) is 6.14. The van der Waals surface area contributed by atoms with E-state index in [1.54, 1.807) is 12.1 Å². The van der Waals surface area contributed by atoms with Crippen molar-refractivity contribution >= 4 is 0 Å². The number of likely N-dealkylation sites (N-methyl/N-ethyl adjacent to an activating group) is 1. The average Bonchev–Trinajstić information content (AvgIpc) is 2.39. The number of hydrogen-bond acceptors (Lipinski definition) is 2. The van der Waals surface area contributed by atoms with Crippen molar-refractivity contribution in [1.29, 1.82) is 0 Å². The van der Waals surface area contributed by atoms with Crippen LogP contribution >= 0.6 is 0 Å². The van der Waals surface area contributed by atoms with Gasteiger partial charge in [-0.25, -0.2) is 8.78 Å². The van der Waals surface area contributed by atoms with Crippen LogP contribution in [0.4, 0.5) is 8.78 Å². The Morgan fingerprint density at radius 3 is 2.47 bits per heavy atom. The molecule has 0 amide bonds. The Labute approximate surface area is 111 Å². The van der Waals surface area contributed by atoms with Gasteiger partial charge in [-0.05, 0) is 55.8 Å². The largest absolute Gasteiger partial charge is 0.311 e. The number of halogens is 2. The van der Waals surface area contributed by atoms with Gasteiger partial charge >= 0.3 is 0 Å². The van der Waals surface area contributed by atoms with Crippen molar-refractivity contribution in [2.45, 2.75) is 19.4 Å². The van der Waals surface area contributed by atoms with Crippen molar-refractivity contribution in [3.05, 3.63) is 65.0 Å². The lowest BCUT2D eigenvalue weighted by atomic mass is 9.99. The number of aromatic nitrogens is 1. The van der Waals surface area contributed by atoms with E-state index < -0.39 is 0 Å².